The predicted octanol–water partition coefficient (Wildman–Crippen LogP) is -0.0789. The largest absolute Gasteiger partial charge is 0.342 e. The molecule has 0 aromatic carbocycles. The number of rotatable bonds is 1. The Morgan fingerprint density at radius 3 is 2.56 bits per heavy atom. The number of likely N-dealkylation sites (N-methyl/N-ethyl adjacent to an activating group) is 1. The number of carbonyl (C=O) groups excluding carboxylic acids is 2. The summed E-state index contributed by atoms with van der Waals surface area (Å²) in [6.45, 7) is 8.66. The van der Waals surface area contributed by atoms with Crippen molar-refractivity contribution in [2.75, 3.05) is 33.2 Å². The van der Waals surface area contributed by atoms with Gasteiger partial charge in [0, 0.05) is 26.7 Å². The van der Waals surface area contributed by atoms with Crippen LogP contribution in [0.2, 0.25) is 0 Å². The molecule has 5 heteroatoms. The Hall–Kier alpha value is -1.10. The van der Waals surface area contributed by atoms with Crippen LogP contribution in [0.1, 0.15) is 20.8 Å². The second-order valence-electron chi connectivity index (χ2n) is 6.02. The third-order valence-electron chi connectivity index (χ3n) is 4.30. The maximum atomic E-state index is 12.6. The lowest BCUT2D eigenvalue weighted by molar-refractivity contribution is -0.159. The van der Waals surface area contributed by atoms with Crippen LogP contribution < -0.4 is 5.32 Å². The van der Waals surface area contributed by atoms with Crippen LogP contribution in [0.5, 0.6) is 0 Å². The molecule has 0 aromatic heterocycles. The Morgan fingerprint density at radius 1 is 1.33 bits per heavy atom. The molecule has 0 radical (unpaired) electrons. The van der Waals surface area contributed by atoms with Gasteiger partial charge in [-0.1, -0.05) is 6.92 Å². The average Bonchev–Trinajstić information content (AvgIpc) is 2.72. The van der Waals surface area contributed by atoms with E-state index in [1.807, 2.05) is 13.8 Å². The fourth-order valence-corrected chi connectivity index (χ4v) is 2.94. The molecule has 2 rings (SSSR count). The summed E-state index contributed by atoms with van der Waals surface area (Å²) in [4.78, 5) is 28.2. The molecule has 0 bridgehead atoms. The van der Waals surface area contributed by atoms with E-state index in [1.165, 1.54) is 0 Å². The highest BCUT2D eigenvalue weighted by Crippen LogP contribution is 2.27. The first-order valence-electron chi connectivity index (χ1n) is 6.63. The van der Waals surface area contributed by atoms with Crippen LogP contribution in [0.25, 0.3) is 0 Å². The fourth-order valence-electron chi connectivity index (χ4n) is 2.94. The zero-order valence-electron chi connectivity index (χ0n) is 11.7. The number of carbonyl (C=O) groups is 2. The molecule has 2 saturated heterocycles. The van der Waals surface area contributed by atoms with E-state index in [0.717, 1.165) is 13.1 Å². The fraction of sp³-hybridized carbons (Fsp3) is 0.846. The molecule has 5 nitrogen and oxygen atoms in total. The third kappa shape index (κ3) is 2.00. The molecule has 1 N–H and O–H groups in total. The molecule has 2 heterocycles. The van der Waals surface area contributed by atoms with E-state index in [0.29, 0.717) is 19.0 Å². The molecule has 0 aliphatic carbocycles. The Balaban J connectivity index is 2.17. The van der Waals surface area contributed by atoms with Crippen LogP contribution in [0.4, 0.5) is 0 Å². The highest BCUT2D eigenvalue weighted by Gasteiger charge is 2.45. The molecule has 2 aliphatic rings. The van der Waals surface area contributed by atoms with E-state index in [1.54, 1.807) is 16.8 Å². The quantitative estimate of drug-likeness (QED) is 0.711. The molecular formula is C13H23N3O2. The zero-order chi connectivity index (χ0) is 13.5. The van der Waals surface area contributed by atoms with Gasteiger partial charge in [0.05, 0.1) is 5.92 Å². The normalized spacial score (nSPS) is 31.9. The molecule has 2 aliphatic heterocycles. The van der Waals surface area contributed by atoms with Crippen molar-refractivity contribution in [3.05, 3.63) is 0 Å². The van der Waals surface area contributed by atoms with Gasteiger partial charge in [0.2, 0.25) is 11.8 Å². The van der Waals surface area contributed by atoms with Gasteiger partial charge in [0.15, 0.2) is 0 Å². The van der Waals surface area contributed by atoms with Gasteiger partial charge in [0.25, 0.3) is 0 Å². The monoisotopic (exact) mass is 253 g/mol. The van der Waals surface area contributed by atoms with Gasteiger partial charge < -0.3 is 15.1 Å². The van der Waals surface area contributed by atoms with Crippen LogP contribution >= 0.6 is 0 Å². The molecule has 2 atom stereocenters. The first-order valence-corrected chi connectivity index (χ1v) is 6.63. The Labute approximate surface area is 108 Å². The van der Waals surface area contributed by atoms with Gasteiger partial charge in [-0.05, 0) is 26.3 Å². The van der Waals surface area contributed by atoms with Crippen molar-refractivity contribution in [2.24, 2.45) is 11.8 Å². The molecule has 102 valence electrons. The van der Waals surface area contributed by atoms with Crippen molar-refractivity contribution < 1.29 is 9.59 Å². The number of hydrogen-bond acceptors (Lipinski definition) is 3. The maximum absolute atomic E-state index is 12.6. The number of nitrogens with one attached hydrogen (secondary N) is 1. The lowest BCUT2D eigenvalue weighted by atomic mass is 9.91. The van der Waals surface area contributed by atoms with Crippen molar-refractivity contribution in [3.63, 3.8) is 0 Å². The average molecular weight is 253 g/mol. The summed E-state index contributed by atoms with van der Waals surface area (Å²) >= 11 is 0. The second-order valence-corrected chi connectivity index (χ2v) is 6.02. The zero-order valence-corrected chi connectivity index (χ0v) is 11.7. The molecule has 0 spiro atoms. The van der Waals surface area contributed by atoms with Crippen LogP contribution in [-0.2, 0) is 9.59 Å². The molecule has 2 unspecified atom stereocenters. The minimum Gasteiger partial charge on any atom is -0.342 e. The standard InChI is InChI=1S/C13H23N3O2/c1-9-7-14-8-10(9)11(17)16-6-5-15(4)12(18)13(16,2)3/h9-10,14H,5-8H2,1-4H3. The smallest absolute Gasteiger partial charge is 0.247 e. The van der Waals surface area contributed by atoms with Gasteiger partial charge in [-0.25, -0.2) is 0 Å². The Morgan fingerprint density at radius 2 is 2.00 bits per heavy atom. The number of piperazine rings is 1. The summed E-state index contributed by atoms with van der Waals surface area (Å²) in [5, 5.41) is 3.25. The first-order chi connectivity index (χ1) is 8.35. The molecule has 0 aromatic rings. The van der Waals surface area contributed by atoms with Gasteiger partial charge in [-0.15, -0.1) is 0 Å². The van der Waals surface area contributed by atoms with Gasteiger partial charge in [-0.2, -0.15) is 0 Å². The van der Waals surface area contributed by atoms with Gasteiger partial charge >= 0.3 is 0 Å². The SMILES string of the molecule is CC1CNCC1C(=O)N1CCN(C)C(=O)C1(C)C. The molecule has 2 amide bonds. The van der Waals surface area contributed by atoms with Crippen LogP contribution in [0, 0.1) is 11.8 Å². The lowest BCUT2D eigenvalue weighted by Crippen LogP contribution is -2.64. The van der Waals surface area contributed by atoms with E-state index < -0.39 is 5.54 Å². The summed E-state index contributed by atoms with van der Waals surface area (Å²) in [6.07, 6.45) is 0. The maximum Gasteiger partial charge on any atom is 0.247 e. The first kappa shape index (κ1) is 13.3. The summed E-state index contributed by atoms with van der Waals surface area (Å²) in [5.74, 6) is 0.517. The summed E-state index contributed by atoms with van der Waals surface area (Å²) in [7, 11) is 1.80. The highest BCUT2D eigenvalue weighted by molar-refractivity contribution is 5.92. The van der Waals surface area contributed by atoms with Gasteiger partial charge in [-0.3, -0.25) is 9.59 Å². The molecule has 18 heavy (non-hydrogen) atoms. The summed E-state index contributed by atoms with van der Waals surface area (Å²) in [6, 6.07) is 0. The van der Waals surface area contributed by atoms with Crippen LogP contribution in [-0.4, -0.2) is 60.4 Å². The number of hydrogen-bond donors (Lipinski definition) is 1. The lowest BCUT2D eigenvalue weighted by Gasteiger charge is -2.45. The van der Waals surface area contributed by atoms with Crippen molar-refractivity contribution in [3.8, 4) is 0 Å². The number of amides is 2. The summed E-state index contributed by atoms with van der Waals surface area (Å²) in [5.41, 5.74) is -0.716. The molecule has 0 saturated carbocycles. The van der Waals surface area contributed by atoms with E-state index in [4.69, 9.17) is 0 Å². The van der Waals surface area contributed by atoms with Crippen molar-refractivity contribution in [1.29, 1.82) is 0 Å². The van der Waals surface area contributed by atoms with Crippen molar-refractivity contribution in [2.45, 2.75) is 26.3 Å². The van der Waals surface area contributed by atoms with Crippen LogP contribution in [0.15, 0.2) is 0 Å². The van der Waals surface area contributed by atoms with E-state index in [9.17, 15) is 9.59 Å². The highest BCUT2D eigenvalue weighted by atomic mass is 16.2. The molecular weight excluding hydrogens is 230 g/mol. The minimum absolute atomic E-state index is 0.0143. The predicted molar refractivity (Wildman–Crippen MR) is 69.0 cm³/mol. The second kappa shape index (κ2) is 4.53. The van der Waals surface area contributed by atoms with E-state index in [2.05, 4.69) is 12.2 Å². The minimum atomic E-state index is -0.716. The topological polar surface area (TPSA) is 52.7 Å². The molecule has 2 fully saturated rings. The third-order valence-corrected chi connectivity index (χ3v) is 4.30. The van der Waals surface area contributed by atoms with Gasteiger partial charge in [0.1, 0.15) is 5.54 Å². The van der Waals surface area contributed by atoms with E-state index >= 15 is 0 Å². The van der Waals surface area contributed by atoms with Crippen molar-refractivity contribution in [1.82, 2.24) is 15.1 Å². The number of nitrogens with zero attached hydrogens (tertiary/aromatic N) is 2. The Kier molecular flexibility index (Phi) is 3.36. The summed E-state index contributed by atoms with van der Waals surface area (Å²) < 4.78 is 0. The van der Waals surface area contributed by atoms with Crippen molar-refractivity contribution >= 4 is 11.8 Å². The Bertz CT molecular complexity index is 367. The van der Waals surface area contributed by atoms with Crippen LogP contribution in [0.3, 0.4) is 0 Å². The van der Waals surface area contributed by atoms with E-state index in [-0.39, 0.29) is 17.7 Å².